The number of carbonyl (C=O) groups is 1. The molecule has 0 atom stereocenters. The summed E-state index contributed by atoms with van der Waals surface area (Å²) in [5.74, 6) is 1.33. The van der Waals surface area contributed by atoms with Gasteiger partial charge in [-0.25, -0.2) is 4.99 Å². The number of hydrogen-bond donors (Lipinski definition) is 1. The molecule has 1 saturated heterocycles. The number of methoxy groups -OCH3 is 1. The van der Waals surface area contributed by atoms with Crippen molar-refractivity contribution in [3.8, 4) is 11.5 Å². The number of ether oxygens (including phenoxy) is 2. The number of hydrogen-bond acceptors (Lipinski definition) is 5. The molecule has 0 unspecified atom stereocenters. The van der Waals surface area contributed by atoms with Crippen LogP contribution in [0.5, 0.6) is 11.5 Å². The third-order valence-corrected chi connectivity index (χ3v) is 5.57. The van der Waals surface area contributed by atoms with Gasteiger partial charge in [-0.3, -0.25) is 4.79 Å². The Morgan fingerprint density at radius 3 is 2.48 bits per heavy atom. The van der Waals surface area contributed by atoms with Crippen molar-refractivity contribution in [3.63, 3.8) is 0 Å². The maximum atomic E-state index is 12.3. The molecule has 0 radical (unpaired) electrons. The highest BCUT2D eigenvalue weighted by molar-refractivity contribution is 8.18. The Morgan fingerprint density at radius 2 is 1.77 bits per heavy atom. The first-order chi connectivity index (χ1) is 15.1. The van der Waals surface area contributed by atoms with Gasteiger partial charge in [0.25, 0.3) is 5.91 Å². The summed E-state index contributed by atoms with van der Waals surface area (Å²) in [6, 6.07) is 22.5. The summed E-state index contributed by atoms with van der Waals surface area (Å²) in [6.45, 7) is 0.435. The molecule has 1 heterocycles. The lowest BCUT2D eigenvalue weighted by Gasteiger charge is -2.07. The second kappa shape index (κ2) is 9.73. The van der Waals surface area contributed by atoms with E-state index in [1.807, 2.05) is 78.9 Å². The van der Waals surface area contributed by atoms with Crippen LogP contribution in [0.4, 0.5) is 5.69 Å². The van der Waals surface area contributed by atoms with E-state index in [2.05, 4.69) is 10.3 Å². The van der Waals surface area contributed by atoms with Crippen molar-refractivity contribution in [2.75, 3.05) is 7.11 Å². The number of rotatable bonds is 6. The molecule has 0 aliphatic carbocycles. The Morgan fingerprint density at radius 1 is 1.03 bits per heavy atom. The van der Waals surface area contributed by atoms with E-state index in [0.29, 0.717) is 21.7 Å². The zero-order chi connectivity index (χ0) is 21.6. The molecular weight excluding hydrogens is 432 g/mol. The molecule has 1 aliphatic heterocycles. The fourth-order valence-corrected chi connectivity index (χ4v) is 3.91. The number of thioether (sulfide) groups is 1. The van der Waals surface area contributed by atoms with Crippen molar-refractivity contribution in [2.45, 2.75) is 6.61 Å². The van der Waals surface area contributed by atoms with Crippen LogP contribution < -0.4 is 14.8 Å². The summed E-state index contributed by atoms with van der Waals surface area (Å²) in [4.78, 5) is 17.4. The quantitative estimate of drug-likeness (QED) is 0.481. The molecule has 5 nitrogen and oxygen atoms in total. The fraction of sp³-hybridized carbons (Fsp3) is 0.0833. The van der Waals surface area contributed by atoms with Crippen LogP contribution in [-0.4, -0.2) is 18.2 Å². The van der Waals surface area contributed by atoms with Crippen molar-refractivity contribution in [3.05, 3.63) is 93.9 Å². The number of nitrogens with one attached hydrogen (secondary N) is 1. The smallest absolute Gasteiger partial charge is 0.264 e. The minimum atomic E-state index is -0.168. The summed E-state index contributed by atoms with van der Waals surface area (Å²) in [6.07, 6.45) is 1.83. The number of aliphatic imine (C=N–C) groups is 1. The van der Waals surface area contributed by atoms with E-state index in [0.717, 1.165) is 28.3 Å². The Hall–Kier alpha value is -3.22. The maximum absolute atomic E-state index is 12.3. The van der Waals surface area contributed by atoms with Gasteiger partial charge < -0.3 is 14.8 Å². The van der Waals surface area contributed by atoms with E-state index in [4.69, 9.17) is 21.1 Å². The number of nitrogens with zero attached hydrogens (tertiary/aromatic N) is 1. The van der Waals surface area contributed by atoms with Gasteiger partial charge in [-0.2, -0.15) is 0 Å². The van der Waals surface area contributed by atoms with Gasteiger partial charge in [0.1, 0.15) is 18.1 Å². The van der Waals surface area contributed by atoms with Crippen molar-refractivity contribution < 1.29 is 14.3 Å². The number of carbonyl (C=O) groups excluding carboxylic acids is 1. The van der Waals surface area contributed by atoms with Crippen LogP contribution in [0.2, 0.25) is 5.02 Å². The summed E-state index contributed by atoms with van der Waals surface area (Å²) in [7, 11) is 1.61. The molecule has 0 saturated carbocycles. The maximum Gasteiger partial charge on any atom is 0.264 e. The Labute approximate surface area is 189 Å². The van der Waals surface area contributed by atoms with E-state index in [-0.39, 0.29) is 5.91 Å². The van der Waals surface area contributed by atoms with E-state index in [1.165, 1.54) is 11.8 Å². The van der Waals surface area contributed by atoms with Crippen molar-refractivity contribution in [2.24, 2.45) is 4.99 Å². The average Bonchev–Trinajstić information content (AvgIpc) is 3.12. The average molecular weight is 451 g/mol. The SMILES string of the molecule is COc1ccc(N=C2NC(=O)/C(=C/c3ccc(OCc4cccc(Cl)c4)cc3)S2)cc1. The van der Waals surface area contributed by atoms with Crippen molar-refractivity contribution in [1.29, 1.82) is 0 Å². The fourth-order valence-electron chi connectivity index (χ4n) is 2.86. The van der Waals surface area contributed by atoms with Gasteiger partial charge in [-0.05, 0) is 77.5 Å². The van der Waals surface area contributed by atoms with Crippen LogP contribution >= 0.6 is 23.4 Å². The lowest BCUT2D eigenvalue weighted by molar-refractivity contribution is -0.115. The second-order valence-electron chi connectivity index (χ2n) is 6.67. The first-order valence-corrected chi connectivity index (χ1v) is 10.7. The number of amides is 1. The van der Waals surface area contributed by atoms with Crippen LogP contribution in [0.1, 0.15) is 11.1 Å². The Kier molecular flexibility index (Phi) is 6.60. The van der Waals surface area contributed by atoms with E-state index in [9.17, 15) is 4.79 Å². The summed E-state index contributed by atoms with van der Waals surface area (Å²) in [5, 5.41) is 4.02. The predicted molar refractivity (Wildman–Crippen MR) is 126 cm³/mol. The lowest BCUT2D eigenvalue weighted by atomic mass is 10.2. The summed E-state index contributed by atoms with van der Waals surface area (Å²) < 4.78 is 10.9. The van der Waals surface area contributed by atoms with Crippen molar-refractivity contribution in [1.82, 2.24) is 5.32 Å². The highest BCUT2D eigenvalue weighted by atomic mass is 35.5. The van der Waals surface area contributed by atoms with Gasteiger partial charge in [0.15, 0.2) is 5.17 Å². The predicted octanol–water partition coefficient (Wildman–Crippen LogP) is 5.82. The summed E-state index contributed by atoms with van der Waals surface area (Å²) in [5.41, 5.74) is 2.64. The van der Waals surface area contributed by atoms with E-state index in [1.54, 1.807) is 7.11 Å². The molecule has 31 heavy (non-hydrogen) atoms. The molecule has 4 rings (SSSR count). The second-order valence-corrected chi connectivity index (χ2v) is 8.13. The lowest BCUT2D eigenvalue weighted by Crippen LogP contribution is -2.19. The highest BCUT2D eigenvalue weighted by Gasteiger charge is 2.23. The zero-order valence-electron chi connectivity index (χ0n) is 16.7. The minimum Gasteiger partial charge on any atom is -0.497 e. The van der Waals surface area contributed by atoms with Gasteiger partial charge in [-0.15, -0.1) is 0 Å². The van der Waals surface area contributed by atoms with E-state index < -0.39 is 0 Å². The van der Waals surface area contributed by atoms with Gasteiger partial charge in [0, 0.05) is 5.02 Å². The monoisotopic (exact) mass is 450 g/mol. The molecule has 0 bridgehead atoms. The van der Waals surface area contributed by atoms with Gasteiger partial charge in [0.05, 0.1) is 17.7 Å². The Bertz CT molecular complexity index is 1140. The normalized spacial score (nSPS) is 15.9. The molecule has 1 aliphatic rings. The highest BCUT2D eigenvalue weighted by Crippen LogP contribution is 2.29. The standard InChI is InChI=1S/C24H19ClN2O3S/c1-29-20-11-7-19(8-12-20)26-24-27-23(28)22(31-24)14-16-5-9-21(10-6-16)30-15-17-3-2-4-18(25)13-17/h2-14H,15H2,1H3,(H,26,27,28)/b22-14-. The molecule has 0 spiro atoms. The third kappa shape index (κ3) is 5.69. The molecule has 1 amide bonds. The van der Waals surface area contributed by atoms with Gasteiger partial charge in [0.2, 0.25) is 0 Å². The molecule has 3 aromatic rings. The zero-order valence-corrected chi connectivity index (χ0v) is 18.2. The Balaban J connectivity index is 1.39. The van der Waals surface area contributed by atoms with Crippen LogP contribution in [0.3, 0.4) is 0 Å². The molecule has 7 heteroatoms. The van der Waals surface area contributed by atoms with E-state index >= 15 is 0 Å². The van der Waals surface area contributed by atoms with Crippen LogP contribution in [0.25, 0.3) is 6.08 Å². The van der Waals surface area contributed by atoms with Crippen LogP contribution in [-0.2, 0) is 11.4 Å². The first-order valence-electron chi connectivity index (χ1n) is 9.50. The molecule has 1 fully saturated rings. The van der Waals surface area contributed by atoms with Crippen LogP contribution in [0.15, 0.2) is 82.7 Å². The number of halogens is 1. The first kappa shape index (κ1) is 21.0. The third-order valence-electron chi connectivity index (χ3n) is 4.43. The molecule has 156 valence electrons. The minimum absolute atomic E-state index is 0.168. The van der Waals surface area contributed by atoms with Gasteiger partial charge in [-0.1, -0.05) is 35.9 Å². The van der Waals surface area contributed by atoms with Crippen LogP contribution in [0, 0.1) is 0 Å². The molecular formula is C24H19ClN2O3S. The summed E-state index contributed by atoms with van der Waals surface area (Å²) >= 11 is 7.30. The topological polar surface area (TPSA) is 59.9 Å². The van der Waals surface area contributed by atoms with Crippen molar-refractivity contribution >= 4 is 46.2 Å². The molecule has 0 aromatic heterocycles. The van der Waals surface area contributed by atoms with Gasteiger partial charge >= 0.3 is 0 Å². The molecule has 3 aromatic carbocycles. The molecule has 1 N–H and O–H groups in total. The largest absolute Gasteiger partial charge is 0.497 e. The number of amidine groups is 1. The number of benzene rings is 3.